The normalized spacial score (nSPS) is 21.8. The zero-order valence-electron chi connectivity index (χ0n) is 14.0. The molecular weight excluding hydrogens is 451 g/mol. The highest BCUT2D eigenvalue weighted by Crippen LogP contribution is 2.43. The van der Waals surface area contributed by atoms with Crippen LogP contribution in [0.25, 0.3) is 0 Å². The number of ether oxygens (including phenoxy) is 1. The fraction of sp³-hybridized carbons (Fsp3) is 0.389. The Morgan fingerprint density at radius 3 is 2.92 bits per heavy atom. The van der Waals surface area contributed by atoms with Gasteiger partial charge in [-0.05, 0) is 71.0 Å². The molecule has 1 aliphatic heterocycles. The molecule has 3 N–H and O–H groups in total. The summed E-state index contributed by atoms with van der Waals surface area (Å²) in [5.41, 5.74) is 2.90. The van der Waals surface area contributed by atoms with Crippen LogP contribution in [0.15, 0.2) is 12.1 Å². The highest BCUT2D eigenvalue weighted by Gasteiger charge is 2.33. The van der Waals surface area contributed by atoms with Gasteiger partial charge in [-0.2, -0.15) is 0 Å². The van der Waals surface area contributed by atoms with Crippen molar-refractivity contribution in [1.29, 1.82) is 0 Å². The SMILES string of the molecule is COc1cc(C2NC(=O)c3c(sc4c3CCC(C)C4)N2)cc(I)c1O. The van der Waals surface area contributed by atoms with Crippen molar-refractivity contribution in [3.8, 4) is 11.5 Å². The van der Waals surface area contributed by atoms with Crippen molar-refractivity contribution in [2.24, 2.45) is 5.92 Å². The molecule has 1 aromatic carbocycles. The van der Waals surface area contributed by atoms with Crippen LogP contribution >= 0.6 is 33.9 Å². The maximum absolute atomic E-state index is 12.8. The van der Waals surface area contributed by atoms with Crippen molar-refractivity contribution < 1.29 is 14.6 Å². The van der Waals surface area contributed by atoms with Gasteiger partial charge in [0.05, 0.1) is 16.2 Å². The highest BCUT2D eigenvalue weighted by atomic mass is 127. The van der Waals surface area contributed by atoms with Gasteiger partial charge >= 0.3 is 0 Å². The number of benzene rings is 1. The molecule has 0 bridgehead atoms. The Labute approximate surface area is 163 Å². The summed E-state index contributed by atoms with van der Waals surface area (Å²) in [5, 5.41) is 17.5. The number of carbonyl (C=O) groups excluding carboxylic acids is 1. The zero-order chi connectivity index (χ0) is 17.7. The second kappa shape index (κ2) is 6.35. The molecule has 0 radical (unpaired) electrons. The second-order valence-corrected chi connectivity index (χ2v) is 8.93. The lowest BCUT2D eigenvalue weighted by Crippen LogP contribution is -2.38. The zero-order valence-corrected chi connectivity index (χ0v) is 17.0. The van der Waals surface area contributed by atoms with Crippen molar-refractivity contribution in [2.45, 2.75) is 32.4 Å². The minimum absolute atomic E-state index is 0.0205. The molecule has 0 saturated heterocycles. The smallest absolute Gasteiger partial charge is 0.256 e. The molecule has 2 aliphatic rings. The topological polar surface area (TPSA) is 70.6 Å². The summed E-state index contributed by atoms with van der Waals surface area (Å²) in [5.74, 6) is 1.18. The van der Waals surface area contributed by atoms with Crippen molar-refractivity contribution in [2.75, 3.05) is 12.4 Å². The first kappa shape index (κ1) is 17.0. The number of hydrogen-bond donors (Lipinski definition) is 3. The lowest BCUT2D eigenvalue weighted by atomic mass is 9.88. The lowest BCUT2D eigenvalue weighted by molar-refractivity contribution is 0.0935. The quantitative estimate of drug-likeness (QED) is 0.580. The maximum Gasteiger partial charge on any atom is 0.256 e. The predicted octanol–water partition coefficient (Wildman–Crippen LogP) is 4.05. The van der Waals surface area contributed by atoms with Gasteiger partial charge in [0, 0.05) is 4.88 Å². The van der Waals surface area contributed by atoms with Gasteiger partial charge in [-0.3, -0.25) is 4.79 Å². The second-order valence-electron chi connectivity index (χ2n) is 6.66. The molecule has 2 aromatic rings. The number of aromatic hydroxyl groups is 1. The van der Waals surface area contributed by atoms with E-state index < -0.39 is 0 Å². The van der Waals surface area contributed by atoms with Crippen LogP contribution in [0.4, 0.5) is 5.00 Å². The van der Waals surface area contributed by atoms with Crippen LogP contribution in [0.3, 0.4) is 0 Å². The van der Waals surface area contributed by atoms with E-state index in [0.29, 0.717) is 15.2 Å². The fourth-order valence-electron chi connectivity index (χ4n) is 3.55. The summed E-state index contributed by atoms with van der Waals surface area (Å²) >= 11 is 3.77. The molecule has 1 amide bonds. The Kier molecular flexibility index (Phi) is 4.31. The predicted molar refractivity (Wildman–Crippen MR) is 107 cm³/mol. The summed E-state index contributed by atoms with van der Waals surface area (Å²) in [6, 6.07) is 3.62. The average molecular weight is 470 g/mol. The number of phenolic OH excluding ortho intramolecular Hbond substituents is 1. The first-order valence-electron chi connectivity index (χ1n) is 8.26. The van der Waals surface area contributed by atoms with E-state index in [2.05, 4.69) is 40.1 Å². The first-order valence-corrected chi connectivity index (χ1v) is 10.2. The Morgan fingerprint density at radius 2 is 2.16 bits per heavy atom. The standard InChI is InChI=1S/C18H19IN2O3S/c1-8-3-4-10-13(5-8)25-18-14(10)17(23)20-16(21-18)9-6-11(19)15(22)12(7-9)24-2/h6-8,16,21-22H,3-5H2,1-2H3,(H,20,23). The third-order valence-corrected chi connectivity index (χ3v) is 6.90. The molecular formula is C18H19IN2O3S. The molecule has 7 heteroatoms. The van der Waals surface area contributed by atoms with Gasteiger partial charge in [0.2, 0.25) is 0 Å². The van der Waals surface area contributed by atoms with Crippen LogP contribution in [-0.4, -0.2) is 18.1 Å². The van der Waals surface area contributed by atoms with Gasteiger partial charge in [0.1, 0.15) is 11.2 Å². The van der Waals surface area contributed by atoms with Gasteiger partial charge in [-0.1, -0.05) is 6.92 Å². The molecule has 0 spiro atoms. The van der Waals surface area contributed by atoms with Crippen LogP contribution in [0.2, 0.25) is 0 Å². The number of fused-ring (bicyclic) bond motifs is 3. The third kappa shape index (κ3) is 2.87. The number of thiophene rings is 1. The van der Waals surface area contributed by atoms with Crippen LogP contribution < -0.4 is 15.4 Å². The van der Waals surface area contributed by atoms with Gasteiger partial charge in [0.25, 0.3) is 5.91 Å². The van der Waals surface area contributed by atoms with E-state index in [-0.39, 0.29) is 17.8 Å². The van der Waals surface area contributed by atoms with Gasteiger partial charge in [-0.25, -0.2) is 0 Å². The van der Waals surface area contributed by atoms with Crippen molar-refractivity contribution >= 4 is 44.8 Å². The Morgan fingerprint density at radius 1 is 1.36 bits per heavy atom. The van der Waals surface area contributed by atoms with Crippen LogP contribution in [-0.2, 0) is 12.8 Å². The van der Waals surface area contributed by atoms with Crippen LogP contribution in [0.5, 0.6) is 11.5 Å². The number of hydrogen-bond acceptors (Lipinski definition) is 5. The Balaban J connectivity index is 1.71. The number of amides is 1. The molecule has 1 aliphatic carbocycles. The summed E-state index contributed by atoms with van der Waals surface area (Å²) in [6.45, 7) is 2.27. The molecule has 4 rings (SSSR count). The van der Waals surface area contributed by atoms with E-state index >= 15 is 0 Å². The molecule has 0 saturated carbocycles. The maximum atomic E-state index is 12.8. The molecule has 2 unspecified atom stereocenters. The summed E-state index contributed by atoms with van der Waals surface area (Å²) in [6.07, 6.45) is 2.84. The van der Waals surface area contributed by atoms with E-state index in [1.54, 1.807) is 17.4 Å². The van der Waals surface area contributed by atoms with E-state index in [1.807, 2.05) is 6.07 Å². The molecule has 2 heterocycles. The number of rotatable bonds is 2. The third-order valence-electron chi connectivity index (χ3n) is 4.89. The summed E-state index contributed by atoms with van der Waals surface area (Å²) in [7, 11) is 1.52. The molecule has 2 atom stereocenters. The summed E-state index contributed by atoms with van der Waals surface area (Å²) < 4.78 is 5.93. The van der Waals surface area contributed by atoms with Gasteiger partial charge in [0.15, 0.2) is 11.5 Å². The van der Waals surface area contributed by atoms with Crippen molar-refractivity contribution in [3.05, 3.63) is 37.3 Å². The fourth-order valence-corrected chi connectivity index (χ4v) is 5.61. The van der Waals surface area contributed by atoms with E-state index in [1.165, 1.54) is 17.6 Å². The number of phenols is 1. The Hall–Kier alpha value is -1.48. The van der Waals surface area contributed by atoms with E-state index in [0.717, 1.165) is 35.4 Å². The number of anilines is 1. The molecule has 25 heavy (non-hydrogen) atoms. The van der Waals surface area contributed by atoms with Crippen molar-refractivity contribution in [3.63, 3.8) is 0 Å². The van der Waals surface area contributed by atoms with Gasteiger partial charge in [-0.15, -0.1) is 11.3 Å². The minimum atomic E-state index is -0.333. The van der Waals surface area contributed by atoms with Crippen LogP contribution in [0, 0.1) is 9.49 Å². The van der Waals surface area contributed by atoms with E-state index in [4.69, 9.17) is 4.74 Å². The largest absolute Gasteiger partial charge is 0.504 e. The first-order chi connectivity index (χ1) is 12.0. The van der Waals surface area contributed by atoms with E-state index in [9.17, 15) is 9.90 Å². The summed E-state index contributed by atoms with van der Waals surface area (Å²) in [4.78, 5) is 14.1. The molecule has 1 aromatic heterocycles. The number of methoxy groups -OCH3 is 1. The average Bonchev–Trinajstić information content (AvgIpc) is 2.94. The van der Waals surface area contributed by atoms with Crippen LogP contribution in [0.1, 0.15) is 45.9 Å². The lowest BCUT2D eigenvalue weighted by Gasteiger charge is -2.27. The number of nitrogens with one attached hydrogen (secondary N) is 2. The molecule has 132 valence electrons. The minimum Gasteiger partial charge on any atom is -0.504 e. The molecule has 0 fully saturated rings. The number of halogens is 1. The van der Waals surface area contributed by atoms with Gasteiger partial charge < -0.3 is 20.5 Å². The molecule has 5 nitrogen and oxygen atoms in total. The monoisotopic (exact) mass is 470 g/mol. The van der Waals surface area contributed by atoms with Crippen molar-refractivity contribution in [1.82, 2.24) is 5.32 Å². The number of carbonyl (C=O) groups is 1. The Bertz CT molecular complexity index is 864. The highest BCUT2D eigenvalue weighted by molar-refractivity contribution is 14.1.